The molecule has 2 heteroatoms. The molecule has 1 aromatic carbocycles. The molecule has 0 saturated heterocycles. The topological polar surface area (TPSA) is 12.9 Å². The van der Waals surface area contributed by atoms with E-state index in [-0.39, 0.29) is 0 Å². The summed E-state index contributed by atoms with van der Waals surface area (Å²) in [5.74, 6) is 0. The van der Waals surface area contributed by atoms with Crippen LogP contribution in [0.5, 0.6) is 0 Å². The van der Waals surface area contributed by atoms with Gasteiger partial charge in [-0.25, -0.2) is 0 Å². The Kier molecular flexibility index (Phi) is 4.87. The van der Waals surface area contributed by atoms with Gasteiger partial charge in [0.05, 0.1) is 0 Å². The first-order chi connectivity index (χ1) is 6.39. The lowest BCUT2D eigenvalue weighted by atomic mass is 10.4. The van der Waals surface area contributed by atoms with Crippen LogP contribution in [0.1, 0.15) is 0 Å². The van der Waals surface area contributed by atoms with E-state index in [1.54, 1.807) is 12.4 Å². The van der Waals surface area contributed by atoms with Crippen LogP contribution in [0.3, 0.4) is 0 Å². The van der Waals surface area contributed by atoms with E-state index in [0.717, 1.165) is 4.47 Å². The minimum absolute atomic E-state index is 1.13. The van der Waals surface area contributed by atoms with Crippen molar-refractivity contribution in [2.24, 2.45) is 0 Å². The first-order valence-electron chi connectivity index (χ1n) is 3.95. The van der Waals surface area contributed by atoms with Crippen molar-refractivity contribution in [2.45, 2.75) is 0 Å². The minimum Gasteiger partial charge on any atom is -0.265 e. The Morgan fingerprint density at radius 3 is 1.54 bits per heavy atom. The van der Waals surface area contributed by atoms with Gasteiger partial charge in [0.2, 0.25) is 0 Å². The molecule has 0 radical (unpaired) electrons. The van der Waals surface area contributed by atoms with Gasteiger partial charge in [-0.1, -0.05) is 40.2 Å². The average molecular weight is 236 g/mol. The zero-order valence-corrected chi connectivity index (χ0v) is 8.68. The van der Waals surface area contributed by atoms with Gasteiger partial charge in [0.1, 0.15) is 0 Å². The number of hydrogen-bond acceptors (Lipinski definition) is 1. The van der Waals surface area contributed by atoms with Gasteiger partial charge in [-0.05, 0) is 24.3 Å². The molecule has 0 saturated carbocycles. The van der Waals surface area contributed by atoms with Crippen molar-refractivity contribution in [1.82, 2.24) is 4.98 Å². The van der Waals surface area contributed by atoms with Crippen molar-refractivity contribution in [1.29, 1.82) is 0 Å². The Morgan fingerprint density at radius 1 is 0.769 bits per heavy atom. The van der Waals surface area contributed by atoms with Crippen LogP contribution in [-0.4, -0.2) is 4.98 Å². The third-order valence-corrected chi connectivity index (χ3v) is 1.83. The first kappa shape index (κ1) is 9.93. The maximum Gasteiger partial charge on any atom is 0.0267 e. The van der Waals surface area contributed by atoms with E-state index in [2.05, 4.69) is 20.9 Å². The van der Waals surface area contributed by atoms with Crippen LogP contribution >= 0.6 is 15.9 Å². The molecule has 66 valence electrons. The van der Waals surface area contributed by atoms with Crippen LogP contribution in [0.25, 0.3) is 0 Å². The fraction of sp³-hybridized carbons (Fsp3) is 0. The fourth-order valence-electron chi connectivity index (χ4n) is 0.727. The predicted molar refractivity (Wildman–Crippen MR) is 58.4 cm³/mol. The highest BCUT2D eigenvalue weighted by Crippen LogP contribution is 2.05. The molecular formula is C11H10BrN. The fourth-order valence-corrected chi connectivity index (χ4v) is 1.03. The quantitative estimate of drug-likeness (QED) is 0.681. The molecule has 0 spiro atoms. The standard InChI is InChI=1S/C6H5Br.C5H5N/c7-6-4-2-1-3-5-6;1-2-4-6-5-3-1/h1-5H;1-5H. The van der Waals surface area contributed by atoms with Gasteiger partial charge in [0.25, 0.3) is 0 Å². The van der Waals surface area contributed by atoms with Crippen LogP contribution in [0.2, 0.25) is 0 Å². The SMILES string of the molecule is Brc1ccccc1.c1ccncc1. The zero-order chi connectivity index (χ0) is 9.36. The van der Waals surface area contributed by atoms with Crippen molar-refractivity contribution in [2.75, 3.05) is 0 Å². The normalized spacial score (nSPS) is 8.38. The Labute approximate surface area is 86.6 Å². The van der Waals surface area contributed by atoms with Gasteiger partial charge >= 0.3 is 0 Å². The van der Waals surface area contributed by atoms with Crippen LogP contribution in [0, 0.1) is 0 Å². The van der Waals surface area contributed by atoms with E-state index in [4.69, 9.17) is 0 Å². The lowest BCUT2D eigenvalue weighted by molar-refractivity contribution is 1.33. The summed E-state index contributed by atoms with van der Waals surface area (Å²) < 4.78 is 1.13. The number of hydrogen-bond donors (Lipinski definition) is 0. The Balaban J connectivity index is 0.000000132. The predicted octanol–water partition coefficient (Wildman–Crippen LogP) is 3.53. The molecule has 1 aromatic heterocycles. The summed E-state index contributed by atoms with van der Waals surface area (Å²) in [5.41, 5.74) is 0. The zero-order valence-electron chi connectivity index (χ0n) is 7.10. The molecule has 2 aromatic rings. The number of aromatic nitrogens is 1. The number of benzene rings is 1. The van der Waals surface area contributed by atoms with E-state index < -0.39 is 0 Å². The van der Waals surface area contributed by atoms with Gasteiger partial charge in [-0.2, -0.15) is 0 Å². The number of pyridine rings is 1. The maximum absolute atomic E-state index is 3.78. The minimum atomic E-state index is 1.13. The van der Waals surface area contributed by atoms with Crippen molar-refractivity contribution in [3.05, 3.63) is 65.4 Å². The Bertz CT molecular complexity index is 281. The monoisotopic (exact) mass is 235 g/mol. The Morgan fingerprint density at radius 2 is 1.31 bits per heavy atom. The van der Waals surface area contributed by atoms with E-state index >= 15 is 0 Å². The molecular weight excluding hydrogens is 226 g/mol. The van der Waals surface area contributed by atoms with Crippen molar-refractivity contribution in [3.63, 3.8) is 0 Å². The third-order valence-electron chi connectivity index (χ3n) is 1.30. The van der Waals surface area contributed by atoms with Crippen LogP contribution < -0.4 is 0 Å². The molecule has 0 aliphatic carbocycles. The summed E-state index contributed by atoms with van der Waals surface area (Å²) in [7, 11) is 0. The van der Waals surface area contributed by atoms with Crippen molar-refractivity contribution >= 4 is 15.9 Å². The highest BCUT2D eigenvalue weighted by atomic mass is 79.9. The summed E-state index contributed by atoms with van der Waals surface area (Å²) in [5, 5.41) is 0. The third kappa shape index (κ3) is 5.15. The molecule has 0 unspecified atom stereocenters. The van der Waals surface area contributed by atoms with Crippen molar-refractivity contribution in [3.8, 4) is 0 Å². The molecule has 1 heterocycles. The average Bonchev–Trinajstić information content (AvgIpc) is 2.22. The van der Waals surface area contributed by atoms with E-state index in [1.165, 1.54) is 0 Å². The van der Waals surface area contributed by atoms with E-state index in [9.17, 15) is 0 Å². The number of halogens is 1. The van der Waals surface area contributed by atoms with Gasteiger partial charge in [-0.15, -0.1) is 0 Å². The highest BCUT2D eigenvalue weighted by Gasteiger charge is 1.74. The smallest absolute Gasteiger partial charge is 0.0267 e. The molecule has 0 fully saturated rings. The summed E-state index contributed by atoms with van der Waals surface area (Å²) in [4.78, 5) is 3.78. The van der Waals surface area contributed by atoms with E-state index in [1.807, 2.05) is 48.5 Å². The van der Waals surface area contributed by atoms with Crippen molar-refractivity contribution < 1.29 is 0 Å². The van der Waals surface area contributed by atoms with Crippen LogP contribution in [-0.2, 0) is 0 Å². The largest absolute Gasteiger partial charge is 0.265 e. The van der Waals surface area contributed by atoms with Crippen LogP contribution in [0.4, 0.5) is 0 Å². The molecule has 0 amide bonds. The molecule has 1 nitrogen and oxygen atoms in total. The maximum atomic E-state index is 3.78. The van der Waals surface area contributed by atoms with Crippen LogP contribution in [0.15, 0.2) is 65.4 Å². The summed E-state index contributed by atoms with van der Waals surface area (Å²) in [6, 6.07) is 15.7. The second-order valence-electron chi connectivity index (χ2n) is 2.32. The van der Waals surface area contributed by atoms with E-state index in [0.29, 0.717) is 0 Å². The second-order valence-corrected chi connectivity index (χ2v) is 3.24. The molecule has 2 rings (SSSR count). The summed E-state index contributed by atoms with van der Waals surface area (Å²) in [6.45, 7) is 0. The Hall–Kier alpha value is -1.15. The van der Waals surface area contributed by atoms with Gasteiger partial charge < -0.3 is 0 Å². The molecule has 0 aliphatic heterocycles. The van der Waals surface area contributed by atoms with Gasteiger partial charge in [0.15, 0.2) is 0 Å². The number of nitrogens with zero attached hydrogens (tertiary/aromatic N) is 1. The lowest BCUT2D eigenvalue weighted by Crippen LogP contribution is -1.58. The molecule has 0 aliphatic rings. The highest BCUT2D eigenvalue weighted by molar-refractivity contribution is 9.10. The molecule has 0 atom stereocenters. The molecule has 0 N–H and O–H groups in total. The van der Waals surface area contributed by atoms with Gasteiger partial charge in [-0.3, -0.25) is 4.98 Å². The second kappa shape index (κ2) is 6.38. The first-order valence-corrected chi connectivity index (χ1v) is 4.74. The summed E-state index contributed by atoms with van der Waals surface area (Å²) >= 11 is 3.31. The summed E-state index contributed by atoms with van der Waals surface area (Å²) in [6.07, 6.45) is 3.50. The molecule has 0 bridgehead atoms. The lowest BCUT2D eigenvalue weighted by Gasteiger charge is -1.80. The van der Waals surface area contributed by atoms with Gasteiger partial charge in [0, 0.05) is 16.9 Å². The molecule has 13 heavy (non-hydrogen) atoms. The number of rotatable bonds is 0.